The van der Waals surface area contributed by atoms with Crippen molar-refractivity contribution in [2.75, 3.05) is 12.3 Å². The Kier molecular flexibility index (Phi) is 4.22. The molecule has 3 rings (SSSR count). The summed E-state index contributed by atoms with van der Waals surface area (Å²) in [7, 11) is 0. The van der Waals surface area contributed by atoms with Crippen LogP contribution in [0.3, 0.4) is 0 Å². The highest BCUT2D eigenvalue weighted by Gasteiger charge is 2.04. The Labute approximate surface area is 136 Å². The number of rotatable bonds is 4. The molecule has 0 heterocycles. The van der Waals surface area contributed by atoms with Gasteiger partial charge in [-0.15, -0.1) is 0 Å². The van der Waals surface area contributed by atoms with Crippen LogP contribution in [0.4, 0.5) is 5.69 Å². The summed E-state index contributed by atoms with van der Waals surface area (Å²) >= 11 is 0. The van der Waals surface area contributed by atoms with Gasteiger partial charge in [0.1, 0.15) is 0 Å². The maximum Gasteiger partial charge on any atom is 0.0522 e. The maximum atomic E-state index is 7.90. The lowest BCUT2D eigenvalue weighted by Gasteiger charge is -2.08. The van der Waals surface area contributed by atoms with Crippen LogP contribution in [0.5, 0.6) is 0 Å². The first-order valence-electron chi connectivity index (χ1n) is 7.51. The number of hydrogen-bond acceptors (Lipinski definition) is 3. The van der Waals surface area contributed by atoms with Gasteiger partial charge in [0.25, 0.3) is 0 Å². The Hall–Kier alpha value is -2.91. The molecule has 5 N–H and O–H groups in total. The summed E-state index contributed by atoms with van der Waals surface area (Å²) < 4.78 is 0. The molecule has 0 saturated carbocycles. The second kappa shape index (κ2) is 6.46. The van der Waals surface area contributed by atoms with Crippen molar-refractivity contribution in [2.24, 2.45) is 5.73 Å². The van der Waals surface area contributed by atoms with E-state index in [4.69, 9.17) is 16.9 Å². The first kappa shape index (κ1) is 15.0. The molecule has 0 aliphatic rings. The molecule has 0 bridgehead atoms. The Morgan fingerprint density at radius 1 is 0.739 bits per heavy atom. The summed E-state index contributed by atoms with van der Waals surface area (Å²) in [6, 6.07) is 24.2. The molecule has 0 radical (unpaired) electrons. The third-order valence-corrected chi connectivity index (χ3v) is 3.86. The van der Waals surface area contributed by atoms with Crippen LogP contribution in [0.2, 0.25) is 0 Å². The standard InChI is InChI=1S/C20H19N3/c21-13-20(23)18-6-2-5-17(12-18)16-4-1-3-15(11-16)14-7-9-19(22)10-8-14/h1-12,23H,13,21-22H2. The van der Waals surface area contributed by atoms with Gasteiger partial charge in [0.2, 0.25) is 0 Å². The highest BCUT2D eigenvalue weighted by Crippen LogP contribution is 2.27. The van der Waals surface area contributed by atoms with E-state index in [2.05, 4.69) is 24.3 Å². The van der Waals surface area contributed by atoms with E-state index in [1.165, 1.54) is 0 Å². The van der Waals surface area contributed by atoms with Gasteiger partial charge in [-0.3, -0.25) is 0 Å². The lowest BCUT2D eigenvalue weighted by atomic mass is 9.97. The zero-order valence-corrected chi connectivity index (χ0v) is 12.8. The van der Waals surface area contributed by atoms with Gasteiger partial charge >= 0.3 is 0 Å². The van der Waals surface area contributed by atoms with E-state index in [0.717, 1.165) is 33.5 Å². The summed E-state index contributed by atoms with van der Waals surface area (Å²) in [5, 5.41) is 7.90. The fourth-order valence-corrected chi connectivity index (χ4v) is 2.56. The van der Waals surface area contributed by atoms with Gasteiger partial charge in [0, 0.05) is 12.2 Å². The van der Waals surface area contributed by atoms with Gasteiger partial charge in [-0.05, 0) is 52.1 Å². The summed E-state index contributed by atoms with van der Waals surface area (Å²) in [5.41, 5.74) is 17.9. The molecule has 0 spiro atoms. The average molecular weight is 301 g/mol. The molecule has 23 heavy (non-hydrogen) atoms. The van der Waals surface area contributed by atoms with Crippen molar-refractivity contribution in [1.29, 1.82) is 5.41 Å². The van der Waals surface area contributed by atoms with Crippen LogP contribution in [0, 0.1) is 5.41 Å². The lowest BCUT2D eigenvalue weighted by molar-refractivity contribution is 1.26. The topological polar surface area (TPSA) is 75.9 Å². The van der Waals surface area contributed by atoms with Crippen molar-refractivity contribution >= 4 is 11.4 Å². The molecule has 3 aromatic rings. The predicted molar refractivity (Wildman–Crippen MR) is 97.6 cm³/mol. The van der Waals surface area contributed by atoms with Crippen molar-refractivity contribution in [3.8, 4) is 22.3 Å². The Morgan fingerprint density at radius 3 is 1.96 bits per heavy atom. The molecule has 3 heteroatoms. The number of nitrogens with two attached hydrogens (primary N) is 2. The van der Waals surface area contributed by atoms with Crippen LogP contribution in [0.25, 0.3) is 22.3 Å². The molecule has 3 aromatic carbocycles. The highest BCUT2D eigenvalue weighted by molar-refractivity contribution is 6.00. The second-order valence-electron chi connectivity index (χ2n) is 5.47. The molecule has 0 amide bonds. The van der Waals surface area contributed by atoms with Gasteiger partial charge in [-0.25, -0.2) is 0 Å². The average Bonchev–Trinajstić information content (AvgIpc) is 2.62. The number of benzene rings is 3. The number of anilines is 1. The molecular formula is C20H19N3. The zero-order valence-electron chi connectivity index (χ0n) is 12.8. The van der Waals surface area contributed by atoms with Gasteiger partial charge in [0.05, 0.1) is 5.71 Å². The van der Waals surface area contributed by atoms with Gasteiger partial charge in [0.15, 0.2) is 0 Å². The van der Waals surface area contributed by atoms with E-state index >= 15 is 0 Å². The third kappa shape index (κ3) is 3.30. The molecule has 3 nitrogen and oxygen atoms in total. The summed E-state index contributed by atoms with van der Waals surface area (Å²) in [6.45, 7) is 0.245. The Bertz CT molecular complexity index is 836. The van der Waals surface area contributed by atoms with E-state index in [0.29, 0.717) is 5.71 Å². The predicted octanol–water partition coefficient (Wildman–Crippen LogP) is 3.93. The van der Waals surface area contributed by atoms with Crippen molar-refractivity contribution in [1.82, 2.24) is 0 Å². The first-order valence-corrected chi connectivity index (χ1v) is 7.51. The molecular weight excluding hydrogens is 282 g/mol. The molecule has 114 valence electrons. The monoisotopic (exact) mass is 301 g/mol. The fraction of sp³-hybridized carbons (Fsp3) is 0.0500. The lowest BCUT2D eigenvalue weighted by Crippen LogP contribution is -2.13. The number of nitrogen functional groups attached to an aromatic ring is 1. The smallest absolute Gasteiger partial charge is 0.0522 e. The summed E-state index contributed by atoms with van der Waals surface area (Å²) in [5.74, 6) is 0. The normalized spacial score (nSPS) is 10.5. The Morgan fingerprint density at radius 2 is 1.30 bits per heavy atom. The van der Waals surface area contributed by atoms with Crippen LogP contribution < -0.4 is 11.5 Å². The summed E-state index contributed by atoms with van der Waals surface area (Å²) in [4.78, 5) is 0. The highest BCUT2D eigenvalue weighted by atomic mass is 14.6. The van der Waals surface area contributed by atoms with E-state index in [1.807, 2.05) is 48.5 Å². The van der Waals surface area contributed by atoms with Gasteiger partial charge < -0.3 is 16.9 Å². The van der Waals surface area contributed by atoms with Crippen molar-refractivity contribution in [3.63, 3.8) is 0 Å². The van der Waals surface area contributed by atoms with Crippen LogP contribution in [0.15, 0.2) is 72.8 Å². The SMILES string of the molecule is N=C(CN)c1cccc(-c2cccc(-c3ccc(N)cc3)c2)c1. The quantitative estimate of drug-likeness (QED) is 0.504. The third-order valence-electron chi connectivity index (χ3n) is 3.86. The number of hydrogen-bond donors (Lipinski definition) is 3. The molecule has 0 atom stereocenters. The molecule has 0 aliphatic carbocycles. The molecule has 0 aliphatic heterocycles. The summed E-state index contributed by atoms with van der Waals surface area (Å²) in [6.07, 6.45) is 0. The minimum absolute atomic E-state index is 0.245. The molecule has 0 aromatic heterocycles. The van der Waals surface area contributed by atoms with Gasteiger partial charge in [-0.2, -0.15) is 0 Å². The largest absolute Gasteiger partial charge is 0.399 e. The second-order valence-corrected chi connectivity index (χ2v) is 5.47. The van der Waals surface area contributed by atoms with Gasteiger partial charge in [-0.1, -0.05) is 48.5 Å². The van der Waals surface area contributed by atoms with E-state index in [1.54, 1.807) is 0 Å². The van der Waals surface area contributed by atoms with Crippen molar-refractivity contribution in [3.05, 3.63) is 78.4 Å². The van der Waals surface area contributed by atoms with E-state index in [9.17, 15) is 0 Å². The van der Waals surface area contributed by atoms with Crippen molar-refractivity contribution < 1.29 is 0 Å². The Balaban J connectivity index is 2.00. The van der Waals surface area contributed by atoms with Crippen LogP contribution in [-0.4, -0.2) is 12.3 Å². The first-order chi connectivity index (χ1) is 11.2. The fourth-order valence-electron chi connectivity index (χ4n) is 2.56. The molecule has 0 saturated heterocycles. The maximum absolute atomic E-state index is 7.90. The minimum atomic E-state index is 0.245. The van der Waals surface area contributed by atoms with Crippen LogP contribution >= 0.6 is 0 Å². The molecule has 0 fully saturated rings. The molecule has 0 unspecified atom stereocenters. The van der Waals surface area contributed by atoms with E-state index < -0.39 is 0 Å². The van der Waals surface area contributed by atoms with Crippen molar-refractivity contribution in [2.45, 2.75) is 0 Å². The van der Waals surface area contributed by atoms with Crippen LogP contribution in [-0.2, 0) is 0 Å². The van der Waals surface area contributed by atoms with E-state index in [-0.39, 0.29) is 6.54 Å². The zero-order chi connectivity index (χ0) is 16.2. The van der Waals surface area contributed by atoms with Crippen LogP contribution in [0.1, 0.15) is 5.56 Å². The number of nitrogens with one attached hydrogen (secondary N) is 1. The minimum Gasteiger partial charge on any atom is -0.399 e.